The third kappa shape index (κ3) is 9.55. The van der Waals surface area contributed by atoms with Gasteiger partial charge in [-0.1, -0.05) is 208 Å². The summed E-state index contributed by atoms with van der Waals surface area (Å²) in [6.45, 7) is 23.0. The standard InChI is InChI=1S/C68H62N4O.Pt/c1-45(66(2,3)4)48-35-36-69-64(40-48)72-60-34-31-49(46-21-13-11-14-22-46)39-59(60)58-33-32-55(43-63(58)72)73-54-26-19-25-53(42-54)70-44-71(62-30-18-17-29-61(62)70)65-56(47-23-15-12-16-24-47)27-20-28-57(65)50-37-51(67(5,6)7)41-52(38-50)68(8,9)10;/h11-41,45H,1-10H3;/q-2;. The Morgan fingerprint density at radius 1 is 0.527 bits per heavy atom. The third-order valence-corrected chi connectivity index (χ3v) is 14.7. The molecule has 8 aromatic carbocycles. The molecule has 0 aliphatic heterocycles. The molecular formula is C68H62N4OPt-2. The van der Waals surface area contributed by atoms with Crippen LogP contribution < -0.4 is 9.30 Å². The molecule has 0 aliphatic rings. The van der Waals surface area contributed by atoms with E-state index in [9.17, 15) is 0 Å². The molecule has 0 radical (unpaired) electrons. The van der Waals surface area contributed by atoms with E-state index in [-0.39, 0.29) is 37.3 Å². The minimum atomic E-state index is -0.0478. The number of ether oxygens (including phenoxy) is 1. The van der Waals surface area contributed by atoms with Gasteiger partial charge in [-0.3, -0.25) is 4.57 Å². The molecule has 0 N–H and O–H groups in total. The maximum atomic E-state index is 6.79. The number of para-hydroxylation sites is 3. The van der Waals surface area contributed by atoms with Gasteiger partial charge >= 0.3 is 0 Å². The molecule has 0 amide bonds. The van der Waals surface area contributed by atoms with Crippen molar-refractivity contribution in [2.75, 3.05) is 0 Å². The molecule has 11 rings (SSSR count). The summed E-state index contributed by atoms with van der Waals surface area (Å²) in [5.74, 6) is 2.31. The van der Waals surface area contributed by atoms with E-state index in [0.29, 0.717) is 17.4 Å². The largest absolute Gasteiger partial charge is 0.510 e. The third-order valence-electron chi connectivity index (χ3n) is 14.7. The average molecular weight is 1150 g/mol. The fraction of sp³-hybridized carbons (Fsp3) is 0.206. The van der Waals surface area contributed by atoms with Crippen LogP contribution in [0.4, 0.5) is 0 Å². The van der Waals surface area contributed by atoms with Crippen LogP contribution in [-0.2, 0) is 31.9 Å². The second-order valence-electron chi connectivity index (χ2n) is 22.7. The number of rotatable bonds is 9. The molecule has 0 saturated heterocycles. The van der Waals surface area contributed by atoms with Crippen LogP contribution >= 0.6 is 0 Å². The van der Waals surface area contributed by atoms with Gasteiger partial charge in [-0.05, 0) is 102 Å². The number of fused-ring (bicyclic) bond motifs is 4. The molecule has 3 aromatic heterocycles. The van der Waals surface area contributed by atoms with Crippen LogP contribution in [0.25, 0.3) is 83.4 Å². The van der Waals surface area contributed by atoms with Gasteiger partial charge < -0.3 is 13.9 Å². The molecule has 372 valence electrons. The summed E-state index contributed by atoms with van der Waals surface area (Å²) in [6, 6.07) is 72.3. The Morgan fingerprint density at radius 3 is 1.85 bits per heavy atom. The number of hydrogen-bond acceptors (Lipinski definition) is 2. The van der Waals surface area contributed by atoms with Gasteiger partial charge in [0.05, 0.1) is 16.7 Å². The van der Waals surface area contributed by atoms with E-state index in [2.05, 4.69) is 265 Å². The Labute approximate surface area is 451 Å². The van der Waals surface area contributed by atoms with Crippen LogP contribution in [0.5, 0.6) is 11.5 Å². The number of nitrogens with zero attached hydrogens (tertiary/aromatic N) is 4. The van der Waals surface area contributed by atoms with Gasteiger partial charge in [0.1, 0.15) is 5.82 Å². The van der Waals surface area contributed by atoms with E-state index in [1.807, 2.05) is 24.4 Å². The van der Waals surface area contributed by atoms with E-state index in [1.165, 1.54) is 27.8 Å². The number of aromatic nitrogens is 4. The van der Waals surface area contributed by atoms with E-state index >= 15 is 0 Å². The second kappa shape index (κ2) is 19.5. The molecule has 5 nitrogen and oxygen atoms in total. The summed E-state index contributed by atoms with van der Waals surface area (Å²) in [5.41, 5.74) is 16.5. The molecular weight excluding hydrogens is 1080 g/mol. The summed E-state index contributed by atoms with van der Waals surface area (Å²) in [4.78, 5) is 4.99. The molecule has 1 unspecified atom stereocenters. The van der Waals surface area contributed by atoms with Gasteiger partial charge in [0.15, 0.2) is 0 Å². The molecule has 3 heterocycles. The Morgan fingerprint density at radius 2 is 1.16 bits per heavy atom. The van der Waals surface area contributed by atoms with Crippen LogP contribution in [-0.4, -0.2) is 14.1 Å². The number of hydrogen-bond donors (Lipinski definition) is 0. The SMILES string of the molecule is CC(c1ccnc(-n2c3[c-]c(Oc4[c-]c(-n5[c-][n+](-c6c(-c7ccccc7)cccc6-c6cc(C(C)(C)C)cc(C(C)(C)C)c6)c6ccccc65)ccc4)ccc3c3cc(-c4ccccc4)ccc32)c1)C(C)(C)C.[Pt]. The quantitative estimate of drug-likeness (QED) is 0.107. The van der Waals surface area contributed by atoms with Crippen molar-refractivity contribution in [1.82, 2.24) is 14.1 Å². The van der Waals surface area contributed by atoms with Gasteiger partial charge in [-0.2, -0.15) is 18.2 Å². The van der Waals surface area contributed by atoms with E-state index < -0.39 is 0 Å². The summed E-state index contributed by atoms with van der Waals surface area (Å²) in [6.07, 6.45) is 5.79. The van der Waals surface area contributed by atoms with Crippen LogP contribution in [0.15, 0.2) is 188 Å². The van der Waals surface area contributed by atoms with Crippen LogP contribution in [0.3, 0.4) is 0 Å². The fourth-order valence-electron chi connectivity index (χ4n) is 10.0. The van der Waals surface area contributed by atoms with Gasteiger partial charge in [-0.25, -0.2) is 4.98 Å². The summed E-state index contributed by atoms with van der Waals surface area (Å²) in [7, 11) is 0. The Balaban J connectivity index is 0.00000626. The van der Waals surface area contributed by atoms with Crippen molar-refractivity contribution >= 4 is 32.8 Å². The minimum Gasteiger partial charge on any atom is -0.510 e. The van der Waals surface area contributed by atoms with E-state index in [4.69, 9.17) is 9.72 Å². The van der Waals surface area contributed by atoms with Gasteiger partial charge in [0.25, 0.3) is 6.33 Å². The van der Waals surface area contributed by atoms with E-state index in [1.54, 1.807) is 0 Å². The molecule has 0 fully saturated rings. The average Bonchev–Trinajstić information content (AvgIpc) is 3.93. The molecule has 0 aliphatic carbocycles. The predicted molar refractivity (Wildman–Crippen MR) is 302 cm³/mol. The molecule has 6 heteroatoms. The maximum Gasteiger partial charge on any atom is 0.268 e. The predicted octanol–water partition coefficient (Wildman–Crippen LogP) is 17.3. The first-order chi connectivity index (χ1) is 35.0. The first kappa shape index (κ1) is 50.2. The van der Waals surface area contributed by atoms with Crippen molar-refractivity contribution in [3.8, 4) is 62.1 Å². The summed E-state index contributed by atoms with van der Waals surface area (Å²) < 4.78 is 13.4. The van der Waals surface area contributed by atoms with Crippen molar-refractivity contribution in [3.63, 3.8) is 0 Å². The molecule has 0 spiro atoms. The molecule has 0 saturated carbocycles. The maximum absolute atomic E-state index is 6.79. The van der Waals surface area contributed by atoms with Crippen molar-refractivity contribution in [1.29, 1.82) is 0 Å². The van der Waals surface area contributed by atoms with Gasteiger partial charge in [-0.15, -0.1) is 29.7 Å². The van der Waals surface area contributed by atoms with Crippen molar-refractivity contribution < 1.29 is 30.4 Å². The zero-order chi connectivity index (χ0) is 50.8. The molecule has 11 aromatic rings. The Bertz CT molecular complexity index is 3810. The normalized spacial score (nSPS) is 12.6. The molecule has 0 bridgehead atoms. The van der Waals surface area contributed by atoms with Gasteiger partial charge in [0, 0.05) is 44.3 Å². The van der Waals surface area contributed by atoms with Crippen molar-refractivity contribution in [3.05, 3.63) is 223 Å². The Kier molecular flexibility index (Phi) is 13.2. The topological polar surface area (TPSA) is 35.9 Å². The fourth-order valence-corrected chi connectivity index (χ4v) is 10.0. The summed E-state index contributed by atoms with van der Waals surface area (Å²) in [5, 5.41) is 2.20. The van der Waals surface area contributed by atoms with E-state index in [0.717, 1.165) is 72.3 Å². The molecule has 74 heavy (non-hydrogen) atoms. The summed E-state index contributed by atoms with van der Waals surface area (Å²) >= 11 is 0. The number of benzene rings is 8. The monoisotopic (exact) mass is 1150 g/mol. The first-order valence-corrected chi connectivity index (χ1v) is 25.5. The van der Waals surface area contributed by atoms with Crippen molar-refractivity contribution in [2.24, 2.45) is 5.41 Å². The van der Waals surface area contributed by atoms with Crippen LogP contribution in [0.1, 0.15) is 91.8 Å². The minimum absolute atomic E-state index is 0. The molecule has 1 atom stereocenters. The van der Waals surface area contributed by atoms with Crippen molar-refractivity contribution in [2.45, 2.75) is 86.0 Å². The Hall–Kier alpha value is -7.33. The second-order valence-corrected chi connectivity index (χ2v) is 22.7. The smallest absolute Gasteiger partial charge is 0.268 e. The first-order valence-electron chi connectivity index (χ1n) is 25.5. The number of imidazole rings is 1. The van der Waals surface area contributed by atoms with Crippen LogP contribution in [0, 0.1) is 23.9 Å². The van der Waals surface area contributed by atoms with Gasteiger partial charge in [0.2, 0.25) is 0 Å². The zero-order valence-corrected chi connectivity index (χ0v) is 46.3. The zero-order valence-electron chi connectivity index (χ0n) is 44.0. The van der Waals surface area contributed by atoms with Crippen LogP contribution in [0.2, 0.25) is 0 Å². The number of pyridine rings is 1.